The zero-order valence-corrected chi connectivity index (χ0v) is 8.35. The highest BCUT2D eigenvalue weighted by molar-refractivity contribution is 4.73. The topological polar surface area (TPSA) is 47.9 Å². The Hall–Kier alpha value is -0.160. The van der Waals surface area contributed by atoms with Gasteiger partial charge >= 0.3 is 0 Å². The van der Waals surface area contributed by atoms with Crippen molar-refractivity contribution in [3.8, 4) is 0 Å². The molecule has 2 aliphatic rings. The van der Waals surface area contributed by atoms with Gasteiger partial charge in [-0.15, -0.1) is 0 Å². The van der Waals surface area contributed by atoms with Gasteiger partial charge in [-0.1, -0.05) is 0 Å². The predicted molar refractivity (Wildman–Crippen MR) is 50.2 cm³/mol. The van der Waals surface area contributed by atoms with Crippen LogP contribution >= 0.6 is 0 Å². The van der Waals surface area contributed by atoms with Crippen LogP contribution in [0.25, 0.3) is 0 Å². The van der Waals surface area contributed by atoms with Crippen molar-refractivity contribution in [2.45, 2.75) is 37.6 Å². The maximum atomic E-state index is 9.37. The summed E-state index contributed by atoms with van der Waals surface area (Å²) < 4.78 is 16.3. The third-order valence-corrected chi connectivity index (χ3v) is 2.65. The minimum atomic E-state index is -0.363. The van der Waals surface area contributed by atoms with Crippen LogP contribution in [0, 0.1) is 0 Å². The highest BCUT2D eigenvalue weighted by Gasteiger charge is 2.25. The molecule has 2 saturated heterocycles. The number of aliphatic hydroxyl groups excluding tert-OH is 1. The SMILES string of the molecule is OC1COCC(OC2CCCOC2)C1. The van der Waals surface area contributed by atoms with E-state index in [0.717, 1.165) is 19.4 Å². The van der Waals surface area contributed by atoms with Gasteiger partial charge in [0.25, 0.3) is 0 Å². The van der Waals surface area contributed by atoms with E-state index in [1.54, 1.807) is 0 Å². The first kappa shape index (κ1) is 10.4. The van der Waals surface area contributed by atoms with Gasteiger partial charge in [-0.2, -0.15) is 0 Å². The predicted octanol–water partition coefficient (Wildman–Crippen LogP) is 0.332. The lowest BCUT2D eigenvalue weighted by Crippen LogP contribution is -2.39. The van der Waals surface area contributed by atoms with Gasteiger partial charge in [0.2, 0.25) is 0 Å². The molecule has 0 radical (unpaired) electrons. The second-order valence-corrected chi connectivity index (χ2v) is 4.02. The highest BCUT2D eigenvalue weighted by atomic mass is 16.6. The van der Waals surface area contributed by atoms with Gasteiger partial charge in [0, 0.05) is 13.0 Å². The number of rotatable bonds is 2. The van der Waals surface area contributed by atoms with Crippen LogP contribution < -0.4 is 0 Å². The summed E-state index contributed by atoms with van der Waals surface area (Å²) >= 11 is 0. The van der Waals surface area contributed by atoms with Crippen LogP contribution in [0.3, 0.4) is 0 Å². The molecule has 3 atom stereocenters. The Labute approximate surface area is 84.1 Å². The molecule has 0 aliphatic carbocycles. The molecule has 2 fully saturated rings. The minimum absolute atomic E-state index is 0.0467. The van der Waals surface area contributed by atoms with Crippen LogP contribution in [0.5, 0.6) is 0 Å². The first-order valence-electron chi connectivity index (χ1n) is 5.33. The van der Waals surface area contributed by atoms with Crippen molar-refractivity contribution in [2.75, 3.05) is 26.4 Å². The zero-order chi connectivity index (χ0) is 9.80. The summed E-state index contributed by atoms with van der Waals surface area (Å²) in [6, 6.07) is 0. The lowest BCUT2D eigenvalue weighted by molar-refractivity contribution is -0.144. The second kappa shape index (κ2) is 5.07. The average molecular weight is 202 g/mol. The largest absolute Gasteiger partial charge is 0.391 e. The van der Waals surface area contributed by atoms with E-state index in [9.17, 15) is 5.11 Å². The molecule has 2 aliphatic heterocycles. The van der Waals surface area contributed by atoms with E-state index in [-0.39, 0.29) is 18.3 Å². The zero-order valence-electron chi connectivity index (χ0n) is 8.35. The summed E-state index contributed by atoms with van der Waals surface area (Å²) in [6.45, 7) is 2.59. The maximum Gasteiger partial charge on any atom is 0.0838 e. The number of hydrogen-bond acceptors (Lipinski definition) is 4. The van der Waals surface area contributed by atoms with Crippen LogP contribution in [-0.2, 0) is 14.2 Å². The Kier molecular flexibility index (Phi) is 3.75. The standard InChI is InChI=1S/C10H18O4/c11-8-4-10(7-13-5-8)14-9-2-1-3-12-6-9/h8-11H,1-7H2. The van der Waals surface area contributed by atoms with E-state index >= 15 is 0 Å². The molecule has 0 aromatic rings. The molecule has 0 amide bonds. The fourth-order valence-electron chi connectivity index (χ4n) is 1.96. The van der Waals surface area contributed by atoms with Crippen LogP contribution in [0.1, 0.15) is 19.3 Å². The van der Waals surface area contributed by atoms with Gasteiger partial charge in [-0.05, 0) is 12.8 Å². The van der Waals surface area contributed by atoms with E-state index in [2.05, 4.69) is 0 Å². The van der Waals surface area contributed by atoms with Crippen molar-refractivity contribution < 1.29 is 19.3 Å². The van der Waals surface area contributed by atoms with Gasteiger partial charge in [0.1, 0.15) is 0 Å². The fourth-order valence-corrected chi connectivity index (χ4v) is 1.96. The molecule has 2 heterocycles. The Morgan fingerprint density at radius 2 is 1.93 bits per heavy atom. The Morgan fingerprint density at radius 3 is 2.64 bits per heavy atom. The Morgan fingerprint density at radius 1 is 1.07 bits per heavy atom. The second-order valence-electron chi connectivity index (χ2n) is 4.02. The first-order chi connectivity index (χ1) is 6.84. The molecule has 82 valence electrons. The molecule has 0 saturated carbocycles. The van der Waals surface area contributed by atoms with Gasteiger partial charge in [0.15, 0.2) is 0 Å². The van der Waals surface area contributed by atoms with Crippen LogP contribution in [0.4, 0.5) is 0 Å². The molecular weight excluding hydrogens is 184 g/mol. The van der Waals surface area contributed by atoms with Gasteiger partial charge in [-0.25, -0.2) is 0 Å². The third kappa shape index (κ3) is 2.92. The first-order valence-corrected chi connectivity index (χ1v) is 5.33. The van der Waals surface area contributed by atoms with Crippen LogP contribution in [0.2, 0.25) is 0 Å². The summed E-state index contributed by atoms with van der Waals surface area (Å²) in [5, 5.41) is 9.37. The maximum absolute atomic E-state index is 9.37. The molecule has 3 unspecified atom stereocenters. The Bertz CT molecular complexity index is 168. The van der Waals surface area contributed by atoms with Crippen molar-refractivity contribution in [3.63, 3.8) is 0 Å². The van der Waals surface area contributed by atoms with Crippen molar-refractivity contribution >= 4 is 0 Å². The normalized spacial score (nSPS) is 39.6. The minimum Gasteiger partial charge on any atom is -0.391 e. The van der Waals surface area contributed by atoms with E-state index in [1.165, 1.54) is 0 Å². The quantitative estimate of drug-likeness (QED) is 0.701. The molecule has 2 rings (SSSR count). The van der Waals surface area contributed by atoms with Gasteiger partial charge in [0.05, 0.1) is 38.1 Å². The van der Waals surface area contributed by atoms with Gasteiger partial charge < -0.3 is 19.3 Å². The monoisotopic (exact) mass is 202 g/mol. The van der Waals surface area contributed by atoms with Crippen molar-refractivity contribution in [1.82, 2.24) is 0 Å². The van der Waals surface area contributed by atoms with E-state index in [4.69, 9.17) is 14.2 Å². The third-order valence-electron chi connectivity index (χ3n) is 2.65. The number of aliphatic hydroxyl groups is 1. The molecule has 0 aromatic heterocycles. The summed E-state index contributed by atoms with van der Waals surface area (Å²) in [7, 11) is 0. The highest BCUT2D eigenvalue weighted by Crippen LogP contribution is 2.17. The van der Waals surface area contributed by atoms with E-state index in [0.29, 0.717) is 26.2 Å². The van der Waals surface area contributed by atoms with Crippen molar-refractivity contribution in [3.05, 3.63) is 0 Å². The molecule has 1 N–H and O–H groups in total. The van der Waals surface area contributed by atoms with E-state index in [1.807, 2.05) is 0 Å². The lowest BCUT2D eigenvalue weighted by atomic mass is 10.1. The molecule has 0 spiro atoms. The van der Waals surface area contributed by atoms with Gasteiger partial charge in [-0.3, -0.25) is 0 Å². The van der Waals surface area contributed by atoms with Crippen LogP contribution in [-0.4, -0.2) is 49.8 Å². The summed E-state index contributed by atoms with van der Waals surface area (Å²) in [5.41, 5.74) is 0. The van der Waals surface area contributed by atoms with Crippen LogP contribution in [0.15, 0.2) is 0 Å². The van der Waals surface area contributed by atoms with Crippen molar-refractivity contribution in [1.29, 1.82) is 0 Å². The summed E-state index contributed by atoms with van der Waals surface area (Å²) in [6.07, 6.45) is 2.70. The van der Waals surface area contributed by atoms with Crippen molar-refractivity contribution in [2.24, 2.45) is 0 Å². The molecule has 0 bridgehead atoms. The van der Waals surface area contributed by atoms with E-state index < -0.39 is 0 Å². The summed E-state index contributed by atoms with van der Waals surface area (Å²) in [4.78, 5) is 0. The molecule has 4 nitrogen and oxygen atoms in total. The number of hydrogen-bond donors (Lipinski definition) is 1. The average Bonchev–Trinajstić information content (AvgIpc) is 2.19. The molecule has 4 heteroatoms. The number of ether oxygens (including phenoxy) is 3. The molecule has 14 heavy (non-hydrogen) atoms. The molecular formula is C10H18O4. The summed E-state index contributed by atoms with van der Waals surface area (Å²) in [5.74, 6) is 0. The Balaban J connectivity index is 1.72. The molecule has 0 aromatic carbocycles. The fraction of sp³-hybridized carbons (Fsp3) is 1.00. The lowest BCUT2D eigenvalue weighted by Gasteiger charge is -2.31. The smallest absolute Gasteiger partial charge is 0.0838 e.